The highest BCUT2D eigenvalue weighted by molar-refractivity contribution is 6.04. The lowest BCUT2D eigenvalue weighted by molar-refractivity contribution is 0.0985. The molecule has 4 aliphatic rings. The van der Waals surface area contributed by atoms with Crippen LogP contribution in [0.4, 0.5) is 11.5 Å². The first-order valence-electron chi connectivity index (χ1n) is 10.0. The highest BCUT2D eigenvalue weighted by Crippen LogP contribution is 2.45. The predicted octanol–water partition coefficient (Wildman–Crippen LogP) is 2.00. The molecule has 0 N–H and O–H groups in total. The van der Waals surface area contributed by atoms with Gasteiger partial charge in [0.15, 0.2) is 11.5 Å². The Bertz CT molecular complexity index is 972. The van der Waals surface area contributed by atoms with Gasteiger partial charge in [0.1, 0.15) is 5.82 Å². The number of nitrogens with zero attached hydrogens (tertiary/aromatic N) is 6. The van der Waals surface area contributed by atoms with Crippen molar-refractivity contribution >= 4 is 28.4 Å². The van der Waals surface area contributed by atoms with Gasteiger partial charge in [-0.3, -0.25) is 4.99 Å². The quantitative estimate of drug-likeness (QED) is 0.816. The minimum Gasteiger partial charge on any atom is -0.377 e. The summed E-state index contributed by atoms with van der Waals surface area (Å²) in [7, 11) is 0. The van der Waals surface area contributed by atoms with Gasteiger partial charge < -0.3 is 14.5 Å². The molecule has 2 aromatic rings. The van der Waals surface area contributed by atoms with Crippen molar-refractivity contribution in [1.82, 2.24) is 14.8 Å². The van der Waals surface area contributed by atoms with Crippen LogP contribution in [-0.4, -0.2) is 65.5 Å². The summed E-state index contributed by atoms with van der Waals surface area (Å²) < 4.78 is 7.59. The van der Waals surface area contributed by atoms with E-state index in [4.69, 9.17) is 9.72 Å². The van der Waals surface area contributed by atoms with Gasteiger partial charge >= 0.3 is 0 Å². The van der Waals surface area contributed by atoms with Crippen LogP contribution in [0.3, 0.4) is 0 Å². The number of rotatable bonds is 2. The lowest BCUT2D eigenvalue weighted by Crippen LogP contribution is -2.44. The lowest BCUT2D eigenvalue weighted by Gasteiger charge is -2.35. The molecule has 0 aromatic carbocycles. The van der Waals surface area contributed by atoms with Gasteiger partial charge in [-0.25, -0.2) is 4.98 Å². The van der Waals surface area contributed by atoms with E-state index in [-0.39, 0.29) is 0 Å². The largest absolute Gasteiger partial charge is 0.377 e. The molecule has 1 saturated heterocycles. The minimum absolute atomic E-state index is 0.336. The zero-order valence-corrected chi connectivity index (χ0v) is 15.6. The molecule has 2 aromatic heterocycles. The fourth-order valence-electron chi connectivity index (χ4n) is 4.65. The van der Waals surface area contributed by atoms with Crippen molar-refractivity contribution in [3.05, 3.63) is 23.9 Å². The van der Waals surface area contributed by atoms with Crippen LogP contribution in [0.2, 0.25) is 0 Å². The zero-order valence-electron chi connectivity index (χ0n) is 15.6. The number of ether oxygens (including phenoxy) is 1. The Morgan fingerprint density at radius 1 is 1.19 bits per heavy atom. The summed E-state index contributed by atoms with van der Waals surface area (Å²) in [6, 6.07) is 1.03. The summed E-state index contributed by atoms with van der Waals surface area (Å²) in [5.74, 6) is 2.01. The van der Waals surface area contributed by atoms with Gasteiger partial charge in [-0.15, -0.1) is 0 Å². The maximum atomic E-state index is 5.67. The normalized spacial score (nSPS) is 24.8. The fraction of sp³-hybridized carbons (Fsp3) is 0.550. The van der Waals surface area contributed by atoms with Crippen LogP contribution in [0.5, 0.6) is 0 Å². The van der Waals surface area contributed by atoms with Crippen molar-refractivity contribution in [3.8, 4) is 0 Å². The smallest absolute Gasteiger partial charge is 0.169 e. The van der Waals surface area contributed by atoms with Crippen molar-refractivity contribution in [3.63, 3.8) is 0 Å². The van der Waals surface area contributed by atoms with Crippen LogP contribution in [0, 0.1) is 0 Å². The maximum Gasteiger partial charge on any atom is 0.169 e. The van der Waals surface area contributed by atoms with E-state index in [0.717, 1.165) is 56.6 Å². The number of hydrogen-bond acceptors (Lipinski definition) is 6. The molecule has 7 nitrogen and oxygen atoms in total. The molecule has 0 spiro atoms. The van der Waals surface area contributed by atoms with Gasteiger partial charge in [-0.2, -0.15) is 9.78 Å². The highest BCUT2D eigenvalue weighted by Gasteiger charge is 2.38. The topological polar surface area (TPSA) is 58.8 Å². The van der Waals surface area contributed by atoms with Crippen molar-refractivity contribution < 1.29 is 4.74 Å². The Hall–Kier alpha value is -2.41. The van der Waals surface area contributed by atoms with E-state index in [1.807, 2.05) is 17.0 Å². The molecule has 0 unspecified atom stereocenters. The molecule has 5 heterocycles. The van der Waals surface area contributed by atoms with Gasteiger partial charge in [0, 0.05) is 24.7 Å². The van der Waals surface area contributed by atoms with Crippen molar-refractivity contribution in [1.29, 1.82) is 0 Å². The van der Waals surface area contributed by atoms with Gasteiger partial charge in [0.2, 0.25) is 0 Å². The number of allylic oxidation sites excluding steroid dienone is 1. The van der Waals surface area contributed by atoms with E-state index in [0.29, 0.717) is 12.1 Å². The molecule has 6 rings (SSSR count). The summed E-state index contributed by atoms with van der Waals surface area (Å²) in [6.45, 7) is 6.47. The van der Waals surface area contributed by atoms with E-state index >= 15 is 0 Å². The monoisotopic (exact) mass is 364 g/mol. The van der Waals surface area contributed by atoms with Crippen LogP contribution in [-0.2, 0) is 11.2 Å². The standard InChI is InChI=1S/C20H24N6O/c1-13-12-27-10-9-24(13)19-15-6-8-25(14-4-5-14)18(15)16-11-22-26(20(16)23-19)17-3-2-7-21-17/h2-3,11,13-14H,4-10,12H2,1H3/t13-/m1/s1. The summed E-state index contributed by atoms with van der Waals surface area (Å²) in [5.41, 5.74) is 3.69. The van der Waals surface area contributed by atoms with Crippen molar-refractivity contribution in [2.24, 2.45) is 4.99 Å². The number of morpholine rings is 1. The second kappa shape index (κ2) is 5.79. The highest BCUT2D eigenvalue weighted by atomic mass is 16.5. The number of fused-ring (bicyclic) bond motifs is 3. The van der Waals surface area contributed by atoms with Gasteiger partial charge in [-0.1, -0.05) is 6.08 Å². The Morgan fingerprint density at radius 2 is 2.11 bits per heavy atom. The number of anilines is 2. The molecule has 7 heteroatoms. The molecule has 140 valence electrons. The first kappa shape index (κ1) is 15.6. The molecular weight excluding hydrogens is 340 g/mol. The first-order valence-corrected chi connectivity index (χ1v) is 10.0. The van der Waals surface area contributed by atoms with Crippen LogP contribution < -0.4 is 9.80 Å². The molecule has 0 radical (unpaired) electrons. The van der Waals surface area contributed by atoms with E-state index in [2.05, 4.69) is 32.9 Å². The number of aliphatic imine (C=N–C) groups is 1. The van der Waals surface area contributed by atoms with Crippen LogP contribution in [0.15, 0.2) is 23.3 Å². The molecule has 0 amide bonds. The maximum absolute atomic E-state index is 5.67. The van der Waals surface area contributed by atoms with Gasteiger partial charge in [-0.05, 0) is 32.3 Å². The summed E-state index contributed by atoms with van der Waals surface area (Å²) >= 11 is 0. The third-order valence-corrected chi connectivity index (χ3v) is 6.13. The van der Waals surface area contributed by atoms with Gasteiger partial charge in [0.05, 0.1) is 43.1 Å². The lowest BCUT2D eigenvalue weighted by atomic mass is 10.1. The van der Waals surface area contributed by atoms with E-state index in [9.17, 15) is 0 Å². The summed E-state index contributed by atoms with van der Waals surface area (Å²) in [4.78, 5) is 14.8. The van der Waals surface area contributed by atoms with Crippen LogP contribution >= 0.6 is 0 Å². The van der Waals surface area contributed by atoms with Crippen molar-refractivity contribution in [2.75, 3.05) is 42.6 Å². The fourth-order valence-corrected chi connectivity index (χ4v) is 4.65. The average molecular weight is 364 g/mol. The minimum atomic E-state index is 0.336. The molecule has 1 saturated carbocycles. The third kappa shape index (κ3) is 2.34. The van der Waals surface area contributed by atoms with E-state index in [1.54, 1.807) is 0 Å². The predicted molar refractivity (Wildman–Crippen MR) is 106 cm³/mol. The Labute approximate surface area is 158 Å². The van der Waals surface area contributed by atoms with E-state index < -0.39 is 0 Å². The zero-order chi connectivity index (χ0) is 18.0. The number of aromatic nitrogens is 3. The Kier molecular flexibility index (Phi) is 3.35. The Balaban J connectivity index is 1.58. The first-order chi connectivity index (χ1) is 13.3. The number of hydrogen-bond donors (Lipinski definition) is 0. The second-order valence-electron chi connectivity index (χ2n) is 7.95. The number of pyridine rings is 1. The SMILES string of the molecule is C[C@@H]1COCCN1c1nc2c(cnn2C2=NCC=C2)c2c1CCN2C1CC1. The molecular formula is C20H24N6O. The summed E-state index contributed by atoms with van der Waals surface area (Å²) in [6.07, 6.45) is 9.77. The van der Waals surface area contributed by atoms with Crippen LogP contribution in [0.25, 0.3) is 11.0 Å². The second-order valence-corrected chi connectivity index (χ2v) is 7.95. The van der Waals surface area contributed by atoms with Crippen molar-refractivity contribution in [2.45, 2.75) is 38.3 Å². The molecule has 3 aliphatic heterocycles. The molecule has 0 bridgehead atoms. The molecule has 2 fully saturated rings. The molecule has 27 heavy (non-hydrogen) atoms. The van der Waals surface area contributed by atoms with E-state index in [1.165, 1.54) is 29.5 Å². The molecule has 1 atom stereocenters. The van der Waals surface area contributed by atoms with Gasteiger partial charge in [0.25, 0.3) is 0 Å². The third-order valence-electron chi connectivity index (χ3n) is 6.13. The Morgan fingerprint density at radius 3 is 2.89 bits per heavy atom. The average Bonchev–Trinajstić information content (AvgIpc) is 3.10. The molecule has 1 aliphatic carbocycles. The van der Waals surface area contributed by atoms with Crippen LogP contribution in [0.1, 0.15) is 25.3 Å². The summed E-state index contributed by atoms with van der Waals surface area (Å²) in [5, 5.41) is 5.85.